The van der Waals surface area contributed by atoms with Gasteiger partial charge in [0.25, 0.3) is 0 Å². The second-order valence-electron chi connectivity index (χ2n) is 3.22. The van der Waals surface area contributed by atoms with Crippen molar-refractivity contribution in [1.82, 2.24) is 0 Å². The van der Waals surface area contributed by atoms with Crippen molar-refractivity contribution in [2.75, 3.05) is 0 Å². The van der Waals surface area contributed by atoms with E-state index in [1.54, 1.807) is 0 Å². The summed E-state index contributed by atoms with van der Waals surface area (Å²) in [5, 5.41) is 0. The van der Waals surface area contributed by atoms with Crippen molar-refractivity contribution in [3.05, 3.63) is 12.3 Å². The summed E-state index contributed by atoms with van der Waals surface area (Å²) in [5.74, 6) is 1.82. The van der Waals surface area contributed by atoms with Gasteiger partial charge in [-0.05, 0) is 12.8 Å². The van der Waals surface area contributed by atoms with Gasteiger partial charge in [-0.1, -0.05) is 27.4 Å². The minimum atomic E-state index is -0.0521. The molecule has 2 unspecified atom stereocenters. The molecule has 0 fully saturated rings. The molecule has 0 aliphatic rings. The molecule has 0 bridgehead atoms. The summed E-state index contributed by atoms with van der Waals surface area (Å²) in [6.07, 6.45) is 0. The summed E-state index contributed by atoms with van der Waals surface area (Å²) in [4.78, 5) is 0. The number of thiol groups is 1. The van der Waals surface area contributed by atoms with Gasteiger partial charge in [-0.2, -0.15) is 0 Å². The first-order valence-corrected chi connectivity index (χ1v) is 4.50. The van der Waals surface area contributed by atoms with Crippen molar-refractivity contribution in [3.63, 3.8) is 0 Å². The first-order chi connectivity index (χ1) is 4.95. The highest BCUT2D eigenvalue weighted by Crippen LogP contribution is 2.20. The number of rotatable bonds is 4. The van der Waals surface area contributed by atoms with Gasteiger partial charge >= 0.3 is 0 Å². The summed E-state index contributed by atoms with van der Waals surface area (Å²) in [7, 11) is 0. The lowest BCUT2D eigenvalue weighted by molar-refractivity contribution is 0.160. The topological polar surface area (TPSA) is 9.23 Å². The van der Waals surface area contributed by atoms with Crippen molar-refractivity contribution < 1.29 is 4.74 Å². The van der Waals surface area contributed by atoms with Gasteiger partial charge in [-0.15, -0.1) is 12.6 Å². The van der Waals surface area contributed by atoms with Gasteiger partial charge in [0.05, 0.1) is 5.76 Å². The molecule has 11 heavy (non-hydrogen) atoms. The van der Waals surface area contributed by atoms with Gasteiger partial charge in [-0.25, -0.2) is 0 Å². The molecule has 0 amide bonds. The van der Waals surface area contributed by atoms with E-state index in [9.17, 15) is 0 Å². The summed E-state index contributed by atoms with van der Waals surface area (Å²) < 4.78 is 5.34. The van der Waals surface area contributed by atoms with Crippen LogP contribution < -0.4 is 0 Å². The second kappa shape index (κ2) is 4.70. The van der Waals surface area contributed by atoms with Crippen molar-refractivity contribution >= 4 is 12.6 Å². The van der Waals surface area contributed by atoms with Crippen LogP contribution in [0.5, 0.6) is 0 Å². The van der Waals surface area contributed by atoms with Gasteiger partial charge in [0.15, 0.2) is 0 Å². The third kappa shape index (κ3) is 4.35. The molecule has 0 spiro atoms. The zero-order valence-corrected chi connectivity index (χ0v) is 8.69. The third-order valence-electron chi connectivity index (χ3n) is 1.83. The Morgan fingerprint density at radius 2 is 1.73 bits per heavy atom. The second-order valence-corrected chi connectivity index (χ2v) is 3.94. The fourth-order valence-corrected chi connectivity index (χ4v) is 0.834. The van der Waals surface area contributed by atoms with Crippen LogP contribution in [0.15, 0.2) is 12.3 Å². The molecule has 2 atom stereocenters. The molecule has 0 aliphatic heterocycles. The average molecular weight is 174 g/mol. The molecule has 0 rings (SSSR count). The minimum absolute atomic E-state index is 0.0521. The van der Waals surface area contributed by atoms with E-state index in [0.717, 1.165) is 5.76 Å². The van der Waals surface area contributed by atoms with E-state index in [-0.39, 0.29) is 5.44 Å². The molecule has 0 heterocycles. The highest BCUT2D eigenvalue weighted by atomic mass is 32.1. The van der Waals surface area contributed by atoms with Gasteiger partial charge in [0, 0.05) is 5.92 Å². The van der Waals surface area contributed by atoms with E-state index >= 15 is 0 Å². The van der Waals surface area contributed by atoms with Crippen molar-refractivity contribution in [2.24, 2.45) is 11.8 Å². The average Bonchev–Trinajstić information content (AvgIpc) is 1.84. The van der Waals surface area contributed by atoms with Crippen LogP contribution in [0.2, 0.25) is 0 Å². The Morgan fingerprint density at radius 3 is 2.00 bits per heavy atom. The van der Waals surface area contributed by atoms with Crippen LogP contribution in [0, 0.1) is 11.8 Å². The standard InChI is InChI=1S/C9H18OS/c1-6(2)7(3)8(4)10-9(5)11/h6-7,9,11H,4H2,1-3,5H3. The molecule has 0 N–H and O–H groups in total. The molecule has 1 nitrogen and oxygen atoms in total. The molecule has 0 saturated carbocycles. The Kier molecular flexibility index (Phi) is 4.66. The van der Waals surface area contributed by atoms with Crippen molar-refractivity contribution in [2.45, 2.75) is 33.1 Å². The SMILES string of the molecule is C=C(OC(C)S)C(C)C(C)C. The predicted octanol–water partition coefficient (Wildman–Crippen LogP) is 3.08. The van der Waals surface area contributed by atoms with Gasteiger partial charge in [0.1, 0.15) is 5.44 Å². The van der Waals surface area contributed by atoms with Crippen LogP contribution in [0.4, 0.5) is 0 Å². The number of hydrogen-bond acceptors (Lipinski definition) is 2. The summed E-state index contributed by atoms with van der Waals surface area (Å²) >= 11 is 4.12. The Balaban J connectivity index is 3.83. The monoisotopic (exact) mass is 174 g/mol. The Labute approximate surface area is 75.2 Å². The molecule has 0 aromatic rings. The first kappa shape index (κ1) is 10.9. The van der Waals surface area contributed by atoms with Crippen molar-refractivity contribution in [1.29, 1.82) is 0 Å². The third-order valence-corrected chi connectivity index (χ3v) is 1.94. The molecule has 2 heteroatoms. The van der Waals surface area contributed by atoms with Crippen molar-refractivity contribution in [3.8, 4) is 0 Å². The summed E-state index contributed by atoms with van der Waals surface area (Å²) in [6.45, 7) is 12.2. The van der Waals surface area contributed by atoms with E-state index in [4.69, 9.17) is 4.74 Å². The molecule has 0 aromatic heterocycles. The predicted molar refractivity (Wildman–Crippen MR) is 52.7 cm³/mol. The van der Waals surface area contributed by atoms with E-state index in [1.807, 2.05) is 6.92 Å². The molecular formula is C9H18OS. The first-order valence-electron chi connectivity index (χ1n) is 3.98. The fraction of sp³-hybridized carbons (Fsp3) is 0.778. The van der Waals surface area contributed by atoms with Crippen LogP contribution in [-0.4, -0.2) is 5.44 Å². The fourth-order valence-electron chi connectivity index (χ4n) is 0.698. The Bertz CT molecular complexity index is 130. The van der Waals surface area contributed by atoms with Gasteiger partial charge in [-0.3, -0.25) is 0 Å². The molecule has 0 aromatic carbocycles. The Hall–Kier alpha value is -0.110. The van der Waals surface area contributed by atoms with Crippen LogP contribution >= 0.6 is 12.6 Å². The van der Waals surface area contributed by atoms with E-state index < -0.39 is 0 Å². The van der Waals surface area contributed by atoms with Gasteiger partial charge < -0.3 is 4.74 Å². The zero-order chi connectivity index (χ0) is 9.02. The molecule has 66 valence electrons. The molecule has 0 aliphatic carbocycles. The van der Waals surface area contributed by atoms with Gasteiger partial charge in [0.2, 0.25) is 0 Å². The van der Waals surface area contributed by atoms with E-state index in [1.165, 1.54) is 0 Å². The lowest BCUT2D eigenvalue weighted by Crippen LogP contribution is -2.11. The lowest BCUT2D eigenvalue weighted by atomic mass is 9.97. The quantitative estimate of drug-likeness (QED) is 0.391. The zero-order valence-electron chi connectivity index (χ0n) is 7.79. The number of hydrogen-bond donors (Lipinski definition) is 1. The summed E-state index contributed by atoms with van der Waals surface area (Å²) in [6, 6.07) is 0. The van der Waals surface area contributed by atoms with Crippen LogP contribution in [-0.2, 0) is 4.74 Å². The highest BCUT2D eigenvalue weighted by molar-refractivity contribution is 7.80. The van der Waals surface area contributed by atoms with Crippen LogP contribution in [0.1, 0.15) is 27.7 Å². The number of allylic oxidation sites excluding steroid dienone is 1. The van der Waals surface area contributed by atoms with E-state index in [0.29, 0.717) is 11.8 Å². The smallest absolute Gasteiger partial charge is 0.138 e. The largest absolute Gasteiger partial charge is 0.485 e. The number of ether oxygens (including phenoxy) is 1. The molecule has 0 saturated heterocycles. The van der Waals surface area contributed by atoms with Crippen LogP contribution in [0.25, 0.3) is 0 Å². The molecular weight excluding hydrogens is 156 g/mol. The minimum Gasteiger partial charge on any atom is -0.485 e. The lowest BCUT2D eigenvalue weighted by Gasteiger charge is -2.20. The normalized spacial score (nSPS) is 16.2. The highest BCUT2D eigenvalue weighted by Gasteiger charge is 2.12. The maximum atomic E-state index is 5.34. The summed E-state index contributed by atoms with van der Waals surface area (Å²) in [5.41, 5.74) is -0.0521. The maximum Gasteiger partial charge on any atom is 0.138 e. The molecule has 0 radical (unpaired) electrons. The Morgan fingerprint density at radius 1 is 1.27 bits per heavy atom. The maximum absolute atomic E-state index is 5.34. The van der Waals surface area contributed by atoms with Crippen LogP contribution in [0.3, 0.4) is 0 Å². The van der Waals surface area contributed by atoms with E-state index in [2.05, 4.69) is 40.0 Å².